The van der Waals surface area contributed by atoms with Gasteiger partial charge in [0, 0.05) is 6.26 Å². The summed E-state index contributed by atoms with van der Waals surface area (Å²) < 4.78 is 27.9. The lowest BCUT2D eigenvalue weighted by molar-refractivity contribution is -0.115. The first kappa shape index (κ1) is 14.5. The zero-order valence-corrected chi connectivity index (χ0v) is 11.5. The number of sulfone groups is 1. The molecule has 18 heavy (non-hydrogen) atoms. The van der Waals surface area contributed by atoms with Crippen molar-refractivity contribution >= 4 is 21.4 Å². The minimum Gasteiger partial charge on any atom is -0.492 e. The van der Waals surface area contributed by atoms with Crippen molar-refractivity contribution in [3.8, 4) is 5.75 Å². The van der Waals surface area contributed by atoms with Crippen molar-refractivity contribution in [3.63, 3.8) is 0 Å². The Morgan fingerprint density at radius 3 is 2.56 bits per heavy atom. The summed E-state index contributed by atoms with van der Waals surface area (Å²) in [7, 11) is -3.40. The zero-order valence-electron chi connectivity index (χ0n) is 10.6. The van der Waals surface area contributed by atoms with Crippen LogP contribution in [0.3, 0.4) is 0 Å². The van der Waals surface area contributed by atoms with Crippen LogP contribution >= 0.6 is 0 Å². The van der Waals surface area contributed by atoms with E-state index in [1.54, 1.807) is 24.3 Å². The van der Waals surface area contributed by atoms with Gasteiger partial charge in [-0.2, -0.15) is 0 Å². The topological polar surface area (TPSA) is 72.5 Å². The van der Waals surface area contributed by atoms with Crippen molar-refractivity contribution in [2.45, 2.75) is 19.1 Å². The van der Waals surface area contributed by atoms with Crippen LogP contribution in [0.4, 0.5) is 5.69 Å². The van der Waals surface area contributed by atoms with E-state index in [1.807, 2.05) is 6.92 Å². The Hall–Kier alpha value is -1.56. The minimum atomic E-state index is -3.40. The smallest absolute Gasteiger partial charge is 0.242 e. The van der Waals surface area contributed by atoms with Crippen LogP contribution in [0, 0.1) is 0 Å². The normalized spacial score (nSPS) is 12.8. The van der Waals surface area contributed by atoms with Crippen molar-refractivity contribution < 1.29 is 17.9 Å². The van der Waals surface area contributed by atoms with E-state index in [2.05, 4.69) is 5.32 Å². The summed E-state index contributed by atoms with van der Waals surface area (Å²) in [4.78, 5) is 11.8. The lowest BCUT2D eigenvalue weighted by Crippen LogP contribution is -2.31. The SMILES string of the molecule is CCOc1ccccc1NC(=O)C(C)S(C)(=O)=O. The van der Waals surface area contributed by atoms with E-state index >= 15 is 0 Å². The van der Waals surface area contributed by atoms with Crippen molar-refractivity contribution in [2.24, 2.45) is 0 Å². The third kappa shape index (κ3) is 3.73. The van der Waals surface area contributed by atoms with Gasteiger partial charge in [-0.15, -0.1) is 0 Å². The Bertz CT molecular complexity index is 525. The van der Waals surface area contributed by atoms with Gasteiger partial charge in [0.05, 0.1) is 12.3 Å². The number of anilines is 1. The highest BCUT2D eigenvalue weighted by molar-refractivity contribution is 7.92. The van der Waals surface area contributed by atoms with Crippen LogP contribution in [-0.4, -0.2) is 32.4 Å². The number of amides is 1. The van der Waals surface area contributed by atoms with Gasteiger partial charge in [0.15, 0.2) is 9.84 Å². The number of benzene rings is 1. The van der Waals surface area contributed by atoms with Crippen LogP contribution in [-0.2, 0) is 14.6 Å². The molecule has 0 radical (unpaired) electrons. The maximum Gasteiger partial charge on any atom is 0.242 e. The molecule has 0 saturated carbocycles. The first-order valence-corrected chi connectivity index (χ1v) is 7.53. The largest absolute Gasteiger partial charge is 0.492 e. The van der Waals surface area contributed by atoms with Crippen molar-refractivity contribution in [1.82, 2.24) is 0 Å². The van der Waals surface area contributed by atoms with Crippen LogP contribution in [0.1, 0.15) is 13.8 Å². The Morgan fingerprint density at radius 2 is 2.00 bits per heavy atom. The maximum absolute atomic E-state index is 11.8. The highest BCUT2D eigenvalue weighted by Gasteiger charge is 2.24. The molecule has 1 aromatic carbocycles. The van der Waals surface area contributed by atoms with E-state index in [0.717, 1.165) is 6.26 Å². The van der Waals surface area contributed by atoms with Gasteiger partial charge in [0.1, 0.15) is 11.0 Å². The number of hydrogen-bond acceptors (Lipinski definition) is 4. The fraction of sp³-hybridized carbons (Fsp3) is 0.417. The molecule has 1 amide bonds. The summed E-state index contributed by atoms with van der Waals surface area (Å²) >= 11 is 0. The summed E-state index contributed by atoms with van der Waals surface area (Å²) in [6, 6.07) is 6.89. The second kappa shape index (κ2) is 5.86. The number of hydrogen-bond donors (Lipinski definition) is 1. The van der Waals surface area contributed by atoms with E-state index < -0.39 is 21.0 Å². The van der Waals surface area contributed by atoms with E-state index in [9.17, 15) is 13.2 Å². The molecule has 0 saturated heterocycles. The zero-order chi connectivity index (χ0) is 13.8. The lowest BCUT2D eigenvalue weighted by Gasteiger charge is -2.13. The van der Waals surface area contributed by atoms with Crippen LogP contribution in [0.2, 0.25) is 0 Å². The molecule has 100 valence electrons. The predicted octanol–water partition coefficient (Wildman–Crippen LogP) is 1.46. The van der Waals surface area contributed by atoms with Crippen LogP contribution in [0.15, 0.2) is 24.3 Å². The molecule has 5 nitrogen and oxygen atoms in total. The number of para-hydroxylation sites is 2. The molecule has 1 rings (SSSR count). The predicted molar refractivity (Wildman–Crippen MR) is 70.5 cm³/mol. The summed E-state index contributed by atoms with van der Waals surface area (Å²) in [5.74, 6) is -0.0429. The molecule has 0 bridgehead atoms. The van der Waals surface area contributed by atoms with Gasteiger partial charge in [-0.25, -0.2) is 8.42 Å². The molecular formula is C12H17NO4S. The average molecular weight is 271 g/mol. The third-order valence-corrected chi connectivity index (χ3v) is 3.95. The molecule has 1 unspecified atom stereocenters. The van der Waals surface area contributed by atoms with Gasteiger partial charge in [-0.3, -0.25) is 4.79 Å². The number of nitrogens with one attached hydrogen (secondary N) is 1. The molecule has 0 spiro atoms. The van der Waals surface area contributed by atoms with E-state index in [0.29, 0.717) is 18.0 Å². The second-order valence-corrected chi connectivity index (χ2v) is 6.26. The number of rotatable bonds is 5. The van der Waals surface area contributed by atoms with Gasteiger partial charge in [-0.1, -0.05) is 12.1 Å². The number of carbonyl (C=O) groups excluding carboxylic acids is 1. The number of ether oxygens (including phenoxy) is 1. The molecule has 1 N–H and O–H groups in total. The second-order valence-electron chi connectivity index (χ2n) is 3.89. The van der Waals surface area contributed by atoms with E-state index in [4.69, 9.17) is 4.74 Å². The van der Waals surface area contributed by atoms with E-state index in [-0.39, 0.29) is 0 Å². The highest BCUT2D eigenvalue weighted by atomic mass is 32.2. The van der Waals surface area contributed by atoms with Crippen LogP contribution in [0.25, 0.3) is 0 Å². The van der Waals surface area contributed by atoms with Gasteiger partial charge in [0.2, 0.25) is 5.91 Å². The first-order valence-electron chi connectivity index (χ1n) is 5.57. The van der Waals surface area contributed by atoms with Crippen LogP contribution < -0.4 is 10.1 Å². The molecular weight excluding hydrogens is 254 g/mol. The third-order valence-electron chi connectivity index (χ3n) is 2.46. The molecule has 0 aliphatic heterocycles. The first-order chi connectivity index (χ1) is 8.36. The molecule has 0 aromatic heterocycles. The summed E-state index contributed by atoms with van der Waals surface area (Å²) in [5, 5.41) is 1.47. The Labute approximate surface area is 107 Å². The Kier molecular flexibility index (Phi) is 4.72. The monoisotopic (exact) mass is 271 g/mol. The molecule has 1 atom stereocenters. The fourth-order valence-electron chi connectivity index (χ4n) is 1.28. The number of carbonyl (C=O) groups is 1. The minimum absolute atomic E-state index is 0.467. The summed E-state index contributed by atoms with van der Waals surface area (Å²) in [6.45, 7) is 3.65. The molecule has 0 heterocycles. The molecule has 0 aliphatic rings. The Balaban J connectivity index is 2.88. The van der Waals surface area contributed by atoms with E-state index in [1.165, 1.54) is 6.92 Å². The summed E-state index contributed by atoms with van der Waals surface area (Å²) in [5.41, 5.74) is 0.472. The highest BCUT2D eigenvalue weighted by Crippen LogP contribution is 2.24. The van der Waals surface area contributed by atoms with Gasteiger partial charge in [-0.05, 0) is 26.0 Å². The quantitative estimate of drug-likeness (QED) is 0.880. The lowest BCUT2D eigenvalue weighted by atomic mass is 10.3. The van der Waals surface area contributed by atoms with Crippen molar-refractivity contribution in [3.05, 3.63) is 24.3 Å². The average Bonchev–Trinajstić information content (AvgIpc) is 2.29. The van der Waals surface area contributed by atoms with Gasteiger partial charge in [0.25, 0.3) is 0 Å². The van der Waals surface area contributed by atoms with Gasteiger partial charge >= 0.3 is 0 Å². The van der Waals surface area contributed by atoms with Crippen molar-refractivity contribution in [1.29, 1.82) is 0 Å². The van der Waals surface area contributed by atoms with Crippen molar-refractivity contribution in [2.75, 3.05) is 18.2 Å². The molecule has 1 aromatic rings. The molecule has 0 aliphatic carbocycles. The maximum atomic E-state index is 11.8. The standard InChI is InChI=1S/C12H17NO4S/c1-4-17-11-8-6-5-7-10(11)13-12(14)9(2)18(3,15)16/h5-9H,4H2,1-3H3,(H,13,14). The van der Waals surface area contributed by atoms with Gasteiger partial charge < -0.3 is 10.1 Å². The molecule has 0 fully saturated rings. The summed E-state index contributed by atoms with van der Waals surface area (Å²) in [6.07, 6.45) is 1.03. The Morgan fingerprint density at radius 1 is 1.39 bits per heavy atom. The van der Waals surface area contributed by atoms with Crippen LogP contribution in [0.5, 0.6) is 5.75 Å². The molecule has 6 heteroatoms. The fourth-order valence-corrected chi connectivity index (χ4v) is 1.73.